The summed E-state index contributed by atoms with van der Waals surface area (Å²) >= 11 is 6.70. The summed E-state index contributed by atoms with van der Waals surface area (Å²) in [5, 5.41) is 28.6. The standard InChI is InChI=1S/C24H28Br2N8O3/c1-3-5-11-33(12-6-4-2)24-30-22(28-18-7-9-19(10-8-18)34(36)37)29-23(31-24)32-27-15-16-13-17(25)14-20(26)21(16)35/h7-10,13-15,35H,3-6,11-12H2,1-2H3,(H2,28,29,30,31,32)/b27-15+. The molecule has 0 aliphatic heterocycles. The minimum Gasteiger partial charge on any atom is -0.506 e. The molecule has 3 aromatic rings. The van der Waals surface area contributed by atoms with Gasteiger partial charge in [0.2, 0.25) is 17.8 Å². The first-order valence-corrected chi connectivity index (χ1v) is 13.4. The van der Waals surface area contributed by atoms with Gasteiger partial charge in [0.05, 0.1) is 15.6 Å². The quantitative estimate of drug-likeness (QED) is 0.107. The van der Waals surface area contributed by atoms with Crippen LogP contribution in [-0.2, 0) is 0 Å². The SMILES string of the molecule is CCCCN(CCCC)c1nc(N/N=C/c2cc(Br)cc(Br)c2O)nc(Nc2ccc([N+](=O)[O-])cc2)n1. The predicted octanol–water partition coefficient (Wildman–Crippen LogP) is 6.61. The Morgan fingerprint density at radius 1 is 1.05 bits per heavy atom. The number of nitro benzene ring substituents is 1. The predicted molar refractivity (Wildman–Crippen MR) is 153 cm³/mol. The highest BCUT2D eigenvalue weighted by Gasteiger charge is 2.14. The van der Waals surface area contributed by atoms with Crippen molar-refractivity contribution in [2.75, 3.05) is 28.7 Å². The van der Waals surface area contributed by atoms with Crippen LogP contribution >= 0.6 is 31.9 Å². The lowest BCUT2D eigenvalue weighted by atomic mass is 10.2. The van der Waals surface area contributed by atoms with Crippen LogP contribution in [0.5, 0.6) is 5.75 Å². The van der Waals surface area contributed by atoms with Crippen LogP contribution in [0, 0.1) is 10.1 Å². The van der Waals surface area contributed by atoms with Gasteiger partial charge in [0, 0.05) is 40.9 Å². The molecule has 0 aliphatic carbocycles. The van der Waals surface area contributed by atoms with Gasteiger partial charge in [0.15, 0.2) is 0 Å². The smallest absolute Gasteiger partial charge is 0.269 e. The number of aromatic nitrogens is 3. The van der Waals surface area contributed by atoms with E-state index in [0.29, 0.717) is 21.7 Å². The molecule has 3 N–H and O–H groups in total. The number of phenolic OH excluding ortho intramolecular Hbond substituents is 1. The molecule has 37 heavy (non-hydrogen) atoms. The van der Waals surface area contributed by atoms with Crippen molar-refractivity contribution >= 4 is 67.3 Å². The molecule has 196 valence electrons. The molecule has 0 amide bonds. The highest BCUT2D eigenvalue weighted by atomic mass is 79.9. The zero-order valence-corrected chi connectivity index (χ0v) is 23.7. The van der Waals surface area contributed by atoms with E-state index in [0.717, 1.165) is 43.2 Å². The molecule has 0 bridgehead atoms. The number of non-ortho nitro benzene ring substituents is 1. The van der Waals surface area contributed by atoms with E-state index in [9.17, 15) is 15.2 Å². The van der Waals surface area contributed by atoms with Gasteiger partial charge in [-0.05, 0) is 53.0 Å². The molecule has 0 aliphatic rings. The maximum absolute atomic E-state index is 11.0. The third kappa shape index (κ3) is 8.35. The van der Waals surface area contributed by atoms with Crippen LogP contribution < -0.4 is 15.6 Å². The van der Waals surface area contributed by atoms with Gasteiger partial charge in [-0.25, -0.2) is 5.43 Å². The molecule has 1 aromatic heterocycles. The number of nitrogens with one attached hydrogen (secondary N) is 2. The Labute approximate surface area is 231 Å². The number of halogens is 2. The van der Waals surface area contributed by atoms with E-state index in [4.69, 9.17) is 0 Å². The molecule has 0 saturated heterocycles. The summed E-state index contributed by atoms with van der Waals surface area (Å²) in [6.07, 6.45) is 5.49. The summed E-state index contributed by atoms with van der Waals surface area (Å²) in [5.74, 6) is 1.02. The van der Waals surface area contributed by atoms with Crippen molar-refractivity contribution in [2.24, 2.45) is 5.10 Å². The van der Waals surface area contributed by atoms with E-state index in [1.165, 1.54) is 18.3 Å². The lowest BCUT2D eigenvalue weighted by molar-refractivity contribution is -0.384. The van der Waals surface area contributed by atoms with Gasteiger partial charge < -0.3 is 15.3 Å². The van der Waals surface area contributed by atoms with Crippen LogP contribution in [0.2, 0.25) is 0 Å². The highest BCUT2D eigenvalue weighted by molar-refractivity contribution is 9.11. The van der Waals surface area contributed by atoms with Crippen LogP contribution in [0.3, 0.4) is 0 Å². The molecule has 0 radical (unpaired) electrons. The average molecular weight is 636 g/mol. The molecule has 0 saturated carbocycles. The second-order valence-electron chi connectivity index (χ2n) is 8.10. The van der Waals surface area contributed by atoms with Crippen molar-refractivity contribution in [3.8, 4) is 5.75 Å². The molecule has 11 nitrogen and oxygen atoms in total. The number of unbranched alkanes of at least 4 members (excludes halogenated alkanes) is 2. The fourth-order valence-electron chi connectivity index (χ4n) is 3.26. The Balaban J connectivity index is 1.91. The number of hydrogen-bond donors (Lipinski definition) is 3. The molecular formula is C24H28Br2N8O3. The minimum atomic E-state index is -0.453. The van der Waals surface area contributed by atoms with Crippen molar-refractivity contribution in [1.29, 1.82) is 0 Å². The van der Waals surface area contributed by atoms with Crippen molar-refractivity contribution in [2.45, 2.75) is 39.5 Å². The van der Waals surface area contributed by atoms with Crippen molar-refractivity contribution < 1.29 is 10.0 Å². The Kier molecular flexibility index (Phi) is 10.6. The normalized spacial score (nSPS) is 11.0. The van der Waals surface area contributed by atoms with Crippen molar-refractivity contribution in [3.05, 3.63) is 61.0 Å². The number of anilines is 4. The first kappa shape index (κ1) is 28.3. The highest BCUT2D eigenvalue weighted by Crippen LogP contribution is 2.30. The number of rotatable bonds is 13. The summed E-state index contributed by atoms with van der Waals surface area (Å²) in [6, 6.07) is 9.45. The minimum absolute atomic E-state index is 0.00803. The van der Waals surface area contributed by atoms with Gasteiger partial charge in [0.25, 0.3) is 5.69 Å². The second-order valence-corrected chi connectivity index (χ2v) is 9.87. The lowest BCUT2D eigenvalue weighted by Gasteiger charge is -2.23. The number of aromatic hydroxyl groups is 1. The molecule has 0 atom stereocenters. The van der Waals surface area contributed by atoms with Crippen LogP contribution in [0.25, 0.3) is 0 Å². The fourth-order valence-corrected chi connectivity index (χ4v) is 4.52. The maximum atomic E-state index is 11.0. The Hall–Kier alpha value is -3.32. The fraction of sp³-hybridized carbons (Fsp3) is 0.333. The number of nitro groups is 1. The zero-order chi connectivity index (χ0) is 26.8. The molecule has 0 spiro atoms. The number of phenols is 1. The summed E-state index contributed by atoms with van der Waals surface area (Å²) < 4.78 is 1.31. The summed E-state index contributed by atoms with van der Waals surface area (Å²) in [7, 11) is 0. The number of benzene rings is 2. The van der Waals surface area contributed by atoms with E-state index < -0.39 is 4.92 Å². The van der Waals surface area contributed by atoms with E-state index in [1.54, 1.807) is 24.3 Å². The van der Waals surface area contributed by atoms with Gasteiger partial charge in [-0.3, -0.25) is 10.1 Å². The van der Waals surface area contributed by atoms with E-state index in [1.807, 2.05) is 0 Å². The second kappa shape index (κ2) is 13.8. The number of hydrogen-bond acceptors (Lipinski definition) is 10. The monoisotopic (exact) mass is 634 g/mol. The largest absolute Gasteiger partial charge is 0.506 e. The average Bonchev–Trinajstić information content (AvgIpc) is 2.87. The maximum Gasteiger partial charge on any atom is 0.269 e. The van der Waals surface area contributed by atoms with Gasteiger partial charge in [-0.1, -0.05) is 42.6 Å². The van der Waals surface area contributed by atoms with Gasteiger partial charge >= 0.3 is 0 Å². The molecule has 2 aromatic carbocycles. The third-order valence-corrected chi connectivity index (χ3v) is 6.29. The van der Waals surface area contributed by atoms with E-state index in [-0.39, 0.29) is 23.3 Å². The molecule has 13 heteroatoms. The summed E-state index contributed by atoms with van der Waals surface area (Å²) in [6.45, 7) is 5.84. The number of hydrazone groups is 1. The lowest BCUT2D eigenvalue weighted by Crippen LogP contribution is -2.28. The zero-order valence-electron chi connectivity index (χ0n) is 20.5. The molecule has 0 unspecified atom stereocenters. The van der Waals surface area contributed by atoms with Crippen LogP contribution in [0.1, 0.15) is 45.1 Å². The summed E-state index contributed by atoms with van der Waals surface area (Å²) in [4.78, 5) is 26.2. The van der Waals surface area contributed by atoms with Crippen LogP contribution in [0.4, 0.5) is 29.2 Å². The van der Waals surface area contributed by atoms with Gasteiger partial charge in [-0.2, -0.15) is 20.1 Å². The van der Waals surface area contributed by atoms with Crippen LogP contribution in [-0.4, -0.2) is 44.3 Å². The number of nitrogens with zero attached hydrogens (tertiary/aromatic N) is 6. The Morgan fingerprint density at radius 2 is 1.70 bits per heavy atom. The van der Waals surface area contributed by atoms with E-state index >= 15 is 0 Å². The van der Waals surface area contributed by atoms with Crippen LogP contribution in [0.15, 0.2) is 50.4 Å². The molecule has 1 heterocycles. The topological polar surface area (TPSA) is 142 Å². The first-order valence-electron chi connectivity index (χ1n) is 11.8. The molecular weight excluding hydrogens is 608 g/mol. The molecule has 0 fully saturated rings. The Morgan fingerprint density at radius 3 is 2.32 bits per heavy atom. The molecule has 3 rings (SSSR count). The van der Waals surface area contributed by atoms with Gasteiger partial charge in [-0.15, -0.1) is 0 Å². The Bertz CT molecular complexity index is 1230. The van der Waals surface area contributed by atoms with Crippen molar-refractivity contribution in [1.82, 2.24) is 15.0 Å². The third-order valence-electron chi connectivity index (χ3n) is 5.23. The summed E-state index contributed by atoms with van der Waals surface area (Å²) in [5.41, 5.74) is 3.90. The van der Waals surface area contributed by atoms with E-state index in [2.05, 4.69) is 81.4 Å². The van der Waals surface area contributed by atoms with Crippen molar-refractivity contribution in [3.63, 3.8) is 0 Å². The van der Waals surface area contributed by atoms with Gasteiger partial charge in [0.1, 0.15) is 5.75 Å². The first-order chi connectivity index (χ1) is 17.8.